The van der Waals surface area contributed by atoms with Gasteiger partial charge in [0.05, 0.1) is 11.0 Å². The van der Waals surface area contributed by atoms with Gasteiger partial charge >= 0.3 is 0 Å². The van der Waals surface area contributed by atoms with Crippen LogP contribution in [0.4, 0.5) is 0 Å². The molecule has 0 saturated carbocycles. The number of rotatable bonds is 1. The summed E-state index contributed by atoms with van der Waals surface area (Å²) in [7, 11) is 0. The first kappa shape index (κ1) is 9.91. The normalized spacial score (nSPS) is 11.1. The van der Waals surface area contributed by atoms with Crippen LogP contribution in [0.5, 0.6) is 0 Å². The highest BCUT2D eigenvalue weighted by atomic mass is 32.1. The van der Waals surface area contributed by atoms with Crippen molar-refractivity contribution in [2.24, 2.45) is 5.73 Å². The fourth-order valence-corrected chi connectivity index (χ4v) is 1.81. The van der Waals surface area contributed by atoms with Crippen LogP contribution in [0.3, 0.4) is 0 Å². The summed E-state index contributed by atoms with van der Waals surface area (Å²) in [5.74, 6) is 0.369. The highest BCUT2D eigenvalue weighted by Crippen LogP contribution is 2.12. The first-order valence-corrected chi connectivity index (χ1v) is 5.25. The average Bonchev–Trinajstić information content (AvgIpc) is 2.65. The lowest BCUT2D eigenvalue weighted by atomic mass is 10.3. The summed E-state index contributed by atoms with van der Waals surface area (Å²) in [6, 6.07) is 7.40. The minimum Gasteiger partial charge on any atom is -0.388 e. The molecule has 0 saturated heterocycles. The molecule has 3 rings (SSSR count). The van der Waals surface area contributed by atoms with Crippen molar-refractivity contribution in [2.45, 2.75) is 0 Å². The van der Waals surface area contributed by atoms with Gasteiger partial charge in [-0.1, -0.05) is 24.4 Å². The number of hydrogen-bond acceptors (Lipinski definition) is 4. The number of H-pyrrole nitrogens is 1. The van der Waals surface area contributed by atoms with Crippen molar-refractivity contribution >= 4 is 34.0 Å². The highest BCUT2D eigenvalue weighted by Gasteiger charge is 2.10. The van der Waals surface area contributed by atoms with Crippen LogP contribution in [0.25, 0.3) is 16.8 Å². The van der Waals surface area contributed by atoms with Gasteiger partial charge in [-0.25, -0.2) is 14.5 Å². The molecule has 0 fully saturated rings. The van der Waals surface area contributed by atoms with Gasteiger partial charge in [0.15, 0.2) is 5.69 Å². The van der Waals surface area contributed by atoms with Gasteiger partial charge < -0.3 is 5.73 Å². The Morgan fingerprint density at radius 1 is 1.35 bits per heavy atom. The standard InChI is InChI=1S/C10H7N5OS/c11-8(17)7-9(16)14-15-6-4-2-1-3-5(6)12-10(15)13-7/h1-4H,(H2,11,17)(H,14,16). The average molecular weight is 245 g/mol. The lowest BCUT2D eigenvalue weighted by Gasteiger charge is -1.98. The first-order chi connectivity index (χ1) is 8.16. The Hall–Kier alpha value is -2.28. The minimum atomic E-state index is -0.423. The quantitative estimate of drug-likeness (QED) is 0.598. The third-order valence-electron chi connectivity index (χ3n) is 2.42. The number of thiocarbonyl (C=S) groups is 1. The van der Waals surface area contributed by atoms with E-state index in [0.717, 1.165) is 11.0 Å². The number of imidazole rings is 1. The molecule has 7 heteroatoms. The molecule has 1 aromatic carbocycles. The molecular weight excluding hydrogens is 238 g/mol. The fraction of sp³-hybridized carbons (Fsp3) is 0. The van der Waals surface area contributed by atoms with E-state index in [4.69, 9.17) is 18.0 Å². The van der Waals surface area contributed by atoms with Crippen molar-refractivity contribution in [3.8, 4) is 0 Å². The Balaban J connectivity index is 2.50. The number of nitrogens with one attached hydrogen (secondary N) is 1. The molecule has 3 aromatic rings. The molecule has 0 radical (unpaired) electrons. The van der Waals surface area contributed by atoms with E-state index in [1.165, 1.54) is 4.52 Å². The first-order valence-electron chi connectivity index (χ1n) is 4.84. The number of aromatic amines is 1. The van der Waals surface area contributed by atoms with E-state index in [2.05, 4.69) is 15.1 Å². The Morgan fingerprint density at radius 3 is 2.88 bits per heavy atom. The lowest BCUT2D eigenvalue weighted by molar-refractivity contribution is 0.888. The van der Waals surface area contributed by atoms with E-state index in [9.17, 15) is 4.79 Å². The third kappa shape index (κ3) is 1.40. The smallest absolute Gasteiger partial charge is 0.291 e. The summed E-state index contributed by atoms with van der Waals surface area (Å²) in [5, 5.41) is 2.63. The van der Waals surface area contributed by atoms with Gasteiger partial charge in [-0.2, -0.15) is 0 Å². The SMILES string of the molecule is NC(=S)c1nc2nc3ccccc3n2[nH]c1=O. The van der Waals surface area contributed by atoms with Gasteiger partial charge in [0.25, 0.3) is 11.3 Å². The van der Waals surface area contributed by atoms with Crippen LogP contribution >= 0.6 is 12.2 Å². The number of nitrogens with zero attached hydrogens (tertiary/aromatic N) is 3. The van der Waals surface area contributed by atoms with Gasteiger partial charge in [0.1, 0.15) is 4.99 Å². The fourth-order valence-electron chi connectivity index (χ4n) is 1.67. The number of para-hydroxylation sites is 2. The van der Waals surface area contributed by atoms with E-state index in [0.29, 0.717) is 5.78 Å². The second-order valence-electron chi connectivity index (χ2n) is 3.50. The molecule has 0 atom stereocenters. The molecule has 3 N–H and O–H groups in total. The predicted molar refractivity (Wildman–Crippen MR) is 67.0 cm³/mol. The van der Waals surface area contributed by atoms with Crippen LogP contribution in [-0.2, 0) is 0 Å². The van der Waals surface area contributed by atoms with E-state index in [-0.39, 0.29) is 10.7 Å². The van der Waals surface area contributed by atoms with E-state index >= 15 is 0 Å². The van der Waals surface area contributed by atoms with Crippen LogP contribution < -0.4 is 11.3 Å². The summed E-state index contributed by atoms with van der Waals surface area (Å²) in [4.78, 5) is 20.0. The monoisotopic (exact) mass is 245 g/mol. The second-order valence-corrected chi connectivity index (χ2v) is 3.94. The molecule has 0 aliphatic rings. The van der Waals surface area contributed by atoms with E-state index < -0.39 is 5.56 Å². The molecule has 2 heterocycles. The molecule has 84 valence electrons. The number of fused-ring (bicyclic) bond motifs is 3. The topological polar surface area (TPSA) is 89.1 Å². The number of hydrogen-bond donors (Lipinski definition) is 2. The predicted octanol–water partition coefficient (Wildman–Crippen LogP) is 0.205. The van der Waals surface area contributed by atoms with Gasteiger partial charge in [-0.15, -0.1) is 0 Å². The summed E-state index contributed by atoms with van der Waals surface area (Å²) < 4.78 is 1.51. The summed E-state index contributed by atoms with van der Waals surface area (Å²) in [6.07, 6.45) is 0. The van der Waals surface area contributed by atoms with Crippen LogP contribution in [0, 0.1) is 0 Å². The Morgan fingerprint density at radius 2 is 2.12 bits per heavy atom. The number of benzene rings is 1. The van der Waals surface area contributed by atoms with Crippen molar-refractivity contribution in [1.82, 2.24) is 19.6 Å². The molecular formula is C10H7N5OS. The Labute approximate surface area is 100 Å². The zero-order chi connectivity index (χ0) is 12.0. The zero-order valence-electron chi connectivity index (χ0n) is 8.54. The minimum absolute atomic E-state index is 0.0304. The Kier molecular flexibility index (Phi) is 1.96. The molecule has 2 aromatic heterocycles. The van der Waals surface area contributed by atoms with Gasteiger partial charge in [-0.3, -0.25) is 9.89 Å². The van der Waals surface area contributed by atoms with Crippen molar-refractivity contribution in [1.29, 1.82) is 0 Å². The maximum Gasteiger partial charge on any atom is 0.291 e. The van der Waals surface area contributed by atoms with Crippen LogP contribution in [-0.4, -0.2) is 24.6 Å². The maximum absolute atomic E-state index is 11.7. The summed E-state index contributed by atoms with van der Waals surface area (Å²) in [6.45, 7) is 0. The molecule has 6 nitrogen and oxygen atoms in total. The molecule has 0 unspecified atom stereocenters. The summed E-state index contributed by atoms with van der Waals surface area (Å²) >= 11 is 4.75. The molecule has 0 amide bonds. The van der Waals surface area contributed by atoms with Gasteiger partial charge in [0.2, 0.25) is 0 Å². The van der Waals surface area contributed by atoms with Crippen LogP contribution in [0.15, 0.2) is 29.1 Å². The number of aromatic nitrogens is 4. The largest absolute Gasteiger partial charge is 0.388 e. The zero-order valence-corrected chi connectivity index (χ0v) is 9.36. The van der Waals surface area contributed by atoms with E-state index in [1.807, 2.05) is 24.3 Å². The van der Waals surface area contributed by atoms with Crippen molar-refractivity contribution < 1.29 is 0 Å². The van der Waals surface area contributed by atoms with Crippen LogP contribution in [0.1, 0.15) is 5.69 Å². The molecule has 0 bridgehead atoms. The molecule has 0 aliphatic carbocycles. The maximum atomic E-state index is 11.7. The van der Waals surface area contributed by atoms with Crippen molar-refractivity contribution in [3.05, 3.63) is 40.3 Å². The molecule has 0 spiro atoms. The summed E-state index contributed by atoms with van der Waals surface area (Å²) in [5.41, 5.74) is 6.54. The second kappa shape index (κ2) is 3.36. The van der Waals surface area contributed by atoms with Crippen molar-refractivity contribution in [2.75, 3.05) is 0 Å². The molecule has 17 heavy (non-hydrogen) atoms. The highest BCUT2D eigenvalue weighted by molar-refractivity contribution is 7.80. The van der Waals surface area contributed by atoms with Crippen molar-refractivity contribution in [3.63, 3.8) is 0 Å². The van der Waals surface area contributed by atoms with Gasteiger partial charge in [0, 0.05) is 0 Å². The molecule has 0 aliphatic heterocycles. The Bertz CT molecular complexity index is 803. The van der Waals surface area contributed by atoms with Crippen LogP contribution in [0.2, 0.25) is 0 Å². The van der Waals surface area contributed by atoms with Gasteiger partial charge in [-0.05, 0) is 12.1 Å². The number of nitrogens with two attached hydrogens (primary N) is 1. The lowest BCUT2D eigenvalue weighted by Crippen LogP contribution is -2.26. The third-order valence-corrected chi connectivity index (χ3v) is 2.61. The van der Waals surface area contributed by atoms with E-state index in [1.54, 1.807) is 0 Å².